The number of hydrogen-bond acceptors (Lipinski definition) is 4. The molecule has 0 aliphatic carbocycles. The van der Waals surface area contributed by atoms with Crippen LogP contribution in [-0.4, -0.2) is 25.0 Å². The van der Waals surface area contributed by atoms with E-state index in [0.717, 1.165) is 16.7 Å². The molecule has 0 spiro atoms. The molecule has 28 heavy (non-hydrogen) atoms. The Balaban J connectivity index is 1.97. The second kappa shape index (κ2) is 10.2. The molecule has 0 bridgehead atoms. The molecule has 0 saturated carbocycles. The molecular formula is C22H26N2O4. The van der Waals surface area contributed by atoms with Crippen LogP contribution in [0.3, 0.4) is 0 Å². The van der Waals surface area contributed by atoms with Crippen LogP contribution >= 0.6 is 0 Å². The van der Waals surface area contributed by atoms with Crippen LogP contribution in [0, 0.1) is 13.8 Å². The number of nitrogens with one attached hydrogen (secondary N) is 2. The molecule has 6 heteroatoms. The van der Waals surface area contributed by atoms with E-state index in [0.29, 0.717) is 30.3 Å². The van der Waals surface area contributed by atoms with Crippen molar-refractivity contribution in [1.29, 1.82) is 0 Å². The van der Waals surface area contributed by atoms with Crippen LogP contribution < -0.4 is 20.3 Å². The molecule has 0 atom stereocenters. The van der Waals surface area contributed by atoms with E-state index in [2.05, 4.69) is 10.9 Å². The van der Waals surface area contributed by atoms with Gasteiger partial charge in [0.15, 0.2) is 11.5 Å². The van der Waals surface area contributed by atoms with E-state index in [1.165, 1.54) is 6.08 Å². The lowest BCUT2D eigenvalue weighted by atomic mass is 10.1. The topological polar surface area (TPSA) is 76.7 Å². The molecule has 2 amide bonds. The molecule has 0 radical (unpaired) electrons. The van der Waals surface area contributed by atoms with Crippen LogP contribution in [0.4, 0.5) is 0 Å². The van der Waals surface area contributed by atoms with Gasteiger partial charge in [0.05, 0.1) is 13.2 Å². The number of rotatable bonds is 7. The molecule has 0 aliphatic rings. The van der Waals surface area contributed by atoms with Crippen molar-refractivity contribution in [2.75, 3.05) is 13.2 Å². The average molecular weight is 382 g/mol. The van der Waals surface area contributed by atoms with Crippen molar-refractivity contribution < 1.29 is 19.1 Å². The Morgan fingerprint density at radius 2 is 1.64 bits per heavy atom. The van der Waals surface area contributed by atoms with Crippen molar-refractivity contribution in [1.82, 2.24) is 10.9 Å². The zero-order chi connectivity index (χ0) is 20.5. The normalized spacial score (nSPS) is 10.6. The first-order valence-electron chi connectivity index (χ1n) is 9.19. The van der Waals surface area contributed by atoms with Gasteiger partial charge in [-0.05, 0) is 63.1 Å². The quantitative estimate of drug-likeness (QED) is 0.567. The number of carbonyl (C=O) groups excluding carboxylic acids is 2. The molecule has 0 heterocycles. The number of benzene rings is 2. The van der Waals surface area contributed by atoms with E-state index in [-0.39, 0.29) is 5.91 Å². The van der Waals surface area contributed by atoms with Crippen molar-refractivity contribution in [2.45, 2.75) is 27.7 Å². The van der Waals surface area contributed by atoms with Crippen LogP contribution in [0.15, 0.2) is 42.5 Å². The monoisotopic (exact) mass is 382 g/mol. The van der Waals surface area contributed by atoms with E-state index in [4.69, 9.17) is 9.47 Å². The fraction of sp³-hybridized carbons (Fsp3) is 0.273. The van der Waals surface area contributed by atoms with Gasteiger partial charge < -0.3 is 9.47 Å². The van der Waals surface area contributed by atoms with Gasteiger partial charge in [-0.2, -0.15) is 0 Å². The Bertz CT molecular complexity index is 875. The average Bonchev–Trinajstić information content (AvgIpc) is 2.66. The predicted molar refractivity (Wildman–Crippen MR) is 109 cm³/mol. The van der Waals surface area contributed by atoms with Gasteiger partial charge in [0, 0.05) is 11.6 Å². The predicted octanol–water partition coefficient (Wildman–Crippen LogP) is 3.58. The molecule has 2 aromatic carbocycles. The molecule has 2 aromatic rings. The Morgan fingerprint density at radius 3 is 2.32 bits per heavy atom. The van der Waals surface area contributed by atoms with Crippen molar-refractivity contribution in [3.63, 3.8) is 0 Å². The van der Waals surface area contributed by atoms with E-state index < -0.39 is 5.91 Å². The number of hydrazine groups is 1. The van der Waals surface area contributed by atoms with Gasteiger partial charge in [0.2, 0.25) is 0 Å². The maximum atomic E-state index is 12.2. The summed E-state index contributed by atoms with van der Waals surface area (Å²) in [6, 6.07) is 10.9. The first-order chi connectivity index (χ1) is 13.4. The van der Waals surface area contributed by atoms with E-state index in [1.807, 2.05) is 45.9 Å². The minimum atomic E-state index is -0.440. The zero-order valence-electron chi connectivity index (χ0n) is 16.7. The molecule has 0 aromatic heterocycles. The number of hydrogen-bond donors (Lipinski definition) is 2. The Labute approximate surface area is 165 Å². The zero-order valence-corrected chi connectivity index (χ0v) is 16.7. The summed E-state index contributed by atoms with van der Waals surface area (Å²) in [5.41, 5.74) is 8.02. The summed E-state index contributed by atoms with van der Waals surface area (Å²) in [5, 5.41) is 0. The summed E-state index contributed by atoms with van der Waals surface area (Å²) in [7, 11) is 0. The molecular weight excluding hydrogens is 356 g/mol. The van der Waals surface area contributed by atoms with Crippen molar-refractivity contribution in [3.05, 3.63) is 64.7 Å². The molecule has 0 aliphatic heterocycles. The molecule has 6 nitrogen and oxygen atoms in total. The Morgan fingerprint density at radius 1 is 0.929 bits per heavy atom. The third kappa shape index (κ3) is 5.87. The first-order valence-corrected chi connectivity index (χ1v) is 9.19. The highest BCUT2D eigenvalue weighted by Gasteiger charge is 2.09. The number of aryl methyl sites for hydroxylation is 2. The maximum absolute atomic E-state index is 12.2. The summed E-state index contributed by atoms with van der Waals surface area (Å²) >= 11 is 0. The van der Waals surface area contributed by atoms with Crippen molar-refractivity contribution >= 4 is 17.9 Å². The summed E-state index contributed by atoms with van der Waals surface area (Å²) < 4.78 is 11.1. The summed E-state index contributed by atoms with van der Waals surface area (Å²) in [6.07, 6.45) is 2.98. The Hall–Kier alpha value is -3.28. The Kier molecular flexibility index (Phi) is 7.63. The van der Waals surface area contributed by atoms with Crippen LogP contribution in [0.25, 0.3) is 6.08 Å². The number of amides is 2. The highest BCUT2D eigenvalue weighted by atomic mass is 16.5. The maximum Gasteiger partial charge on any atom is 0.269 e. The smallest absolute Gasteiger partial charge is 0.269 e. The summed E-state index contributed by atoms with van der Waals surface area (Å²) in [6.45, 7) is 8.66. The fourth-order valence-electron chi connectivity index (χ4n) is 2.64. The molecule has 0 unspecified atom stereocenters. The highest BCUT2D eigenvalue weighted by Crippen LogP contribution is 2.28. The first kappa shape index (κ1) is 21.0. The minimum absolute atomic E-state index is 0.362. The van der Waals surface area contributed by atoms with Crippen LogP contribution in [0.5, 0.6) is 11.5 Å². The highest BCUT2D eigenvalue weighted by molar-refractivity contribution is 5.98. The molecule has 2 rings (SSSR count). The summed E-state index contributed by atoms with van der Waals surface area (Å²) in [4.78, 5) is 24.2. The molecule has 0 fully saturated rings. The summed E-state index contributed by atoms with van der Waals surface area (Å²) in [5.74, 6) is 0.477. The van der Waals surface area contributed by atoms with Gasteiger partial charge in [-0.1, -0.05) is 23.8 Å². The second-order valence-electron chi connectivity index (χ2n) is 6.17. The van der Waals surface area contributed by atoms with Gasteiger partial charge in [0.25, 0.3) is 11.8 Å². The second-order valence-corrected chi connectivity index (χ2v) is 6.17. The largest absolute Gasteiger partial charge is 0.490 e. The number of carbonyl (C=O) groups is 2. The fourth-order valence-corrected chi connectivity index (χ4v) is 2.64. The molecule has 148 valence electrons. The SMILES string of the molecule is CCOc1ccc(/C=C/C(=O)NNC(=O)c2ccc(C)cc2C)cc1OCC. The van der Waals surface area contributed by atoms with Gasteiger partial charge in [-0.3, -0.25) is 20.4 Å². The lowest BCUT2D eigenvalue weighted by molar-refractivity contribution is -0.117. The van der Waals surface area contributed by atoms with E-state index >= 15 is 0 Å². The van der Waals surface area contributed by atoms with Gasteiger partial charge in [0.1, 0.15) is 0 Å². The van der Waals surface area contributed by atoms with Crippen molar-refractivity contribution in [2.24, 2.45) is 0 Å². The lowest BCUT2D eigenvalue weighted by Gasteiger charge is -2.11. The third-order valence-electron chi connectivity index (χ3n) is 3.92. The third-order valence-corrected chi connectivity index (χ3v) is 3.92. The van der Waals surface area contributed by atoms with E-state index in [9.17, 15) is 9.59 Å². The van der Waals surface area contributed by atoms with Gasteiger partial charge in [-0.25, -0.2) is 0 Å². The van der Waals surface area contributed by atoms with Crippen molar-refractivity contribution in [3.8, 4) is 11.5 Å². The molecule has 0 saturated heterocycles. The standard InChI is InChI=1S/C22H26N2O4/c1-5-27-19-11-8-17(14-20(19)28-6-2)9-12-21(25)23-24-22(26)18-10-7-15(3)13-16(18)4/h7-14H,5-6H2,1-4H3,(H,23,25)(H,24,26)/b12-9+. The van der Waals surface area contributed by atoms with Crippen LogP contribution in [0.2, 0.25) is 0 Å². The van der Waals surface area contributed by atoms with Crippen LogP contribution in [0.1, 0.15) is 40.9 Å². The van der Waals surface area contributed by atoms with E-state index in [1.54, 1.807) is 24.3 Å². The van der Waals surface area contributed by atoms with Gasteiger partial charge >= 0.3 is 0 Å². The van der Waals surface area contributed by atoms with Gasteiger partial charge in [-0.15, -0.1) is 0 Å². The number of ether oxygens (including phenoxy) is 2. The molecule has 2 N–H and O–H groups in total. The lowest BCUT2D eigenvalue weighted by Crippen LogP contribution is -2.41. The van der Waals surface area contributed by atoms with Crippen LogP contribution in [-0.2, 0) is 4.79 Å². The minimum Gasteiger partial charge on any atom is -0.490 e.